The third-order valence-corrected chi connectivity index (χ3v) is 4.50. The molecule has 0 spiro atoms. The monoisotopic (exact) mass is 326 g/mol. The van der Waals surface area contributed by atoms with Gasteiger partial charge in [0.1, 0.15) is 0 Å². The molecule has 3 nitrogen and oxygen atoms in total. The number of carbonyl (C=O) groups is 1. The summed E-state index contributed by atoms with van der Waals surface area (Å²) in [5, 5.41) is 20.2. The van der Waals surface area contributed by atoms with Gasteiger partial charge in [-0.1, -0.05) is 35.8 Å². The molecule has 1 aliphatic rings. The van der Waals surface area contributed by atoms with E-state index in [-0.39, 0.29) is 5.92 Å². The molecule has 2 unspecified atom stereocenters. The lowest BCUT2D eigenvalue weighted by atomic mass is 9.69. The van der Waals surface area contributed by atoms with Crippen LogP contribution in [-0.2, 0) is 17.6 Å². The lowest BCUT2D eigenvalue weighted by molar-refractivity contribution is -0.156. The minimum absolute atomic E-state index is 0.0838. The first-order valence-corrected chi connectivity index (χ1v) is 7.35. The second kappa shape index (κ2) is 5.25. The van der Waals surface area contributed by atoms with Gasteiger partial charge in [0.2, 0.25) is 0 Å². The predicted molar refractivity (Wildman–Crippen MR) is 77.1 cm³/mol. The van der Waals surface area contributed by atoms with Crippen LogP contribution in [0, 0.1) is 11.8 Å². The molecule has 0 amide bonds. The van der Waals surface area contributed by atoms with Gasteiger partial charge in [0.15, 0.2) is 0 Å². The Hall–Kier alpha value is -0.870. The molecule has 0 aromatic heterocycles. The standard InChI is InChI=1S/C15H19BrO3/c1-9(2)13(14(17)18)15(19)6-5-10-7-12(16)4-3-11(10)8-15/h3-4,7,9,13,19H,5-6,8H2,1-2H3,(H,17,18). The number of benzene rings is 1. The van der Waals surface area contributed by atoms with Crippen molar-refractivity contribution < 1.29 is 15.0 Å². The highest BCUT2D eigenvalue weighted by molar-refractivity contribution is 9.10. The van der Waals surface area contributed by atoms with Gasteiger partial charge in [0, 0.05) is 10.9 Å². The second-order valence-corrected chi connectivity index (χ2v) is 6.67. The Morgan fingerprint density at radius 3 is 2.63 bits per heavy atom. The van der Waals surface area contributed by atoms with Gasteiger partial charge in [-0.25, -0.2) is 0 Å². The fraction of sp³-hybridized carbons (Fsp3) is 0.533. The van der Waals surface area contributed by atoms with Gasteiger partial charge < -0.3 is 10.2 Å². The maximum atomic E-state index is 11.4. The topological polar surface area (TPSA) is 57.5 Å². The van der Waals surface area contributed by atoms with Crippen molar-refractivity contribution in [3.63, 3.8) is 0 Å². The molecule has 19 heavy (non-hydrogen) atoms. The van der Waals surface area contributed by atoms with Crippen molar-refractivity contribution in [2.75, 3.05) is 0 Å². The summed E-state index contributed by atoms with van der Waals surface area (Å²) in [6, 6.07) is 5.97. The lowest BCUT2D eigenvalue weighted by Gasteiger charge is -2.39. The molecule has 1 aromatic rings. The number of halogens is 1. The maximum absolute atomic E-state index is 11.4. The molecule has 0 heterocycles. The Morgan fingerprint density at radius 1 is 1.37 bits per heavy atom. The third-order valence-electron chi connectivity index (χ3n) is 4.00. The van der Waals surface area contributed by atoms with E-state index in [0.717, 1.165) is 16.5 Å². The highest BCUT2D eigenvalue weighted by atomic mass is 79.9. The number of aliphatic carboxylic acids is 1. The summed E-state index contributed by atoms with van der Waals surface area (Å²) >= 11 is 3.44. The number of carboxylic acids is 1. The molecule has 1 aliphatic carbocycles. The molecular weight excluding hydrogens is 308 g/mol. The summed E-state index contributed by atoms with van der Waals surface area (Å²) in [5.41, 5.74) is 1.12. The first kappa shape index (κ1) is 14.5. The minimum Gasteiger partial charge on any atom is -0.481 e. The van der Waals surface area contributed by atoms with Crippen LogP contribution in [0.1, 0.15) is 31.4 Å². The fourth-order valence-corrected chi connectivity index (χ4v) is 3.58. The molecule has 0 saturated carbocycles. The lowest BCUT2D eigenvalue weighted by Crippen LogP contribution is -2.49. The molecule has 1 aromatic carbocycles. The first-order chi connectivity index (χ1) is 8.83. The van der Waals surface area contributed by atoms with Crippen LogP contribution in [0.25, 0.3) is 0 Å². The number of carboxylic acid groups (broad SMARTS) is 1. The zero-order valence-corrected chi connectivity index (χ0v) is 12.8. The van der Waals surface area contributed by atoms with Gasteiger partial charge in [-0.15, -0.1) is 0 Å². The van der Waals surface area contributed by atoms with Crippen molar-refractivity contribution in [3.05, 3.63) is 33.8 Å². The smallest absolute Gasteiger partial charge is 0.309 e. The zero-order valence-electron chi connectivity index (χ0n) is 11.2. The van der Waals surface area contributed by atoms with Crippen molar-refractivity contribution in [3.8, 4) is 0 Å². The van der Waals surface area contributed by atoms with E-state index in [4.69, 9.17) is 0 Å². The van der Waals surface area contributed by atoms with Crippen LogP contribution in [0.15, 0.2) is 22.7 Å². The summed E-state index contributed by atoms with van der Waals surface area (Å²) in [4.78, 5) is 11.4. The van der Waals surface area contributed by atoms with Crippen LogP contribution < -0.4 is 0 Å². The Bertz CT molecular complexity index is 498. The Labute approximate surface area is 121 Å². The minimum atomic E-state index is -1.14. The molecule has 0 bridgehead atoms. The van der Waals surface area contributed by atoms with E-state index in [0.29, 0.717) is 12.8 Å². The highest BCUT2D eigenvalue weighted by Crippen LogP contribution is 2.38. The Kier molecular flexibility index (Phi) is 4.02. The van der Waals surface area contributed by atoms with Crippen molar-refractivity contribution in [1.29, 1.82) is 0 Å². The number of fused-ring (bicyclic) bond motifs is 1. The number of aryl methyl sites for hydroxylation is 1. The van der Waals surface area contributed by atoms with E-state index in [9.17, 15) is 15.0 Å². The molecular formula is C15H19BrO3. The quantitative estimate of drug-likeness (QED) is 0.897. The molecule has 0 fully saturated rings. The van der Waals surface area contributed by atoms with Gasteiger partial charge in [-0.2, -0.15) is 0 Å². The van der Waals surface area contributed by atoms with E-state index >= 15 is 0 Å². The van der Waals surface area contributed by atoms with Crippen LogP contribution in [0.4, 0.5) is 0 Å². The van der Waals surface area contributed by atoms with E-state index in [1.165, 1.54) is 5.56 Å². The predicted octanol–water partition coefficient (Wildman–Crippen LogP) is 3.03. The average molecular weight is 327 g/mol. The summed E-state index contributed by atoms with van der Waals surface area (Å²) in [7, 11) is 0. The molecule has 2 atom stereocenters. The molecule has 0 aliphatic heterocycles. The van der Waals surface area contributed by atoms with E-state index in [1.807, 2.05) is 26.0 Å². The SMILES string of the molecule is CC(C)C(C(=O)O)C1(O)CCc2cc(Br)ccc2C1. The van der Waals surface area contributed by atoms with Gasteiger partial charge in [0.05, 0.1) is 11.5 Å². The van der Waals surface area contributed by atoms with Crippen LogP contribution in [0.3, 0.4) is 0 Å². The Balaban J connectivity index is 2.33. The van der Waals surface area contributed by atoms with Crippen molar-refractivity contribution in [2.45, 2.75) is 38.7 Å². The van der Waals surface area contributed by atoms with Crippen LogP contribution in [0.2, 0.25) is 0 Å². The molecule has 4 heteroatoms. The molecule has 0 saturated heterocycles. The molecule has 104 valence electrons. The Morgan fingerprint density at radius 2 is 2.05 bits per heavy atom. The summed E-state index contributed by atoms with van der Waals surface area (Å²) < 4.78 is 1.02. The van der Waals surface area contributed by atoms with Gasteiger partial charge in [0.25, 0.3) is 0 Å². The molecule has 2 N–H and O–H groups in total. The van der Waals surface area contributed by atoms with Gasteiger partial charge in [-0.05, 0) is 42.0 Å². The number of rotatable bonds is 3. The fourth-order valence-electron chi connectivity index (χ4n) is 3.17. The van der Waals surface area contributed by atoms with Crippen molar-refractivity contribution in [2.24, 2.45) is 11.8 Å². The summed E-state index contributed by atoms with van der Waals surface area (Å²) in [6.45, 7) is 3.71. The van der Waals surface area contributed by atoms with E-state index < -0.39 is 17.5 Å². The van der Waals surface area contributed by atoms with Gasteiger partial charge in [-0.3, -0.25) is 4.79 Å². The second-order valence-electron chi connectivity index (χ2n) is 5.75. The number of aliphatic hydroxyl groups is 1. The summed E-state index contributed by atoms with van der Waals surface area (Å²) in [5.74, 6) is -1.71. The molecule has 2 rings (SSSR count). The normalized spacial score (nSPS) is 24.1. The summed E-state index contributed by atoms with van der Waals surface area (Å²) in [6.07, 6.45) is 1.65. The zero-order chi connectivity index (χ0) is 14.2. The molecule has 0 radical (unpaired) electrons. The third kappa shape index (κ3) is 2.84. The number of hydrogen-bond acceptors (Lipinski definition) is 2. The van der Waals surface area contributed by atoms with Crippen LogP contribution in [0.5, 0.6) is 0 Å². The number of hydrogen-bond donors (Lipinski definition) is 2. The largest absolute Gasteiger partial charge is 0.481 e. The maximum Gasteiger partial charge on any atom is 0.309 e. The van der Waals surface area contributed by atoms with Gasteiger partial charge >= 0.3 is 5.97 Å². The average Bonchev–Trinajstić information content (AvgIpc) is 2.28. The van der Waals surface area contributed by atoms with Crippen molar-refractivity contribution >= 4 is 21.9 Å². The highest BCUT2D eigenvalue weighted by Gasteiger charge is 2.45. The van der Waals surface area contributed by atoms with E-state index in [1.54, 1.807) is 0 Å². The van der Waals surface area contributed by atoms with Crippen LogP contribution >= 0.6 is 15.9 Å². The van der Waals surface area contributed by atoms with Crippen LogP contribution in [-0.4, -0.2) is 21.8 Å². The first-order valence-electron chi connectivity index (χ1n) is 6.56. The van der Waals surface area contributed by atoms with Crippen molar-refractivity contribution in [1.82, 2.24) is 0 Å². The van der Waals surface area contributed by atoms with E-state index in [2.05, 4.69) is 22.0 Å².